The van der Waals surface area contributed by atoms with Crippen LogP contribution in [0.15, 0.2) is 51.6 Å². The molecular formula is C20H26N4O4. The van der Waals surface area contributed by atoms with Crippen LogP contribution < -0.4 is 21.9 Å². The first-order valence-corrected chi connectivity index (χ1v) is 8.97. The van der Waals surface area contributed by atoms with E-state index in [0.29, 0.717) is 13.0 Å². The minimum Gasteiger partial charge on any atom is -0.385 e. The molecule has 28 heavy (non-hydrogen) atoms. The van der Waals surface area contributed by atoms with Crippen LogP contribution >= 0.6 is 0 Å². The first-order chi connectivity index (χ1) is 13.3. The van der Waals surface area contributed by atoms with Crippen molar-refractivity contribution in [1.29, 1.82) is 0 Å². The molecular weight excluding hydrogens is 360 g/mol. The summed E-state index contributed by atoms with van der Waals surface area (Å²) in [5.41, 5.74) is 6.48. The van der Waals surface area contributed by atoms with Crippen molar-refractivity contribution in [1.82, 2.24) is 9.55 Å². The maximum Gasteiger partial charge on any atom is 0.330 e. The zero-order valence-electron chi connectivity index (χ0n) is 16.4. The van der Waals surface area contributed by atoms with E-state index in [1.807, 2.05) is 30.3 Å². The van der Waals surface area contributed by atoms with Gasteiger partial charge in [-0.1, -0.05) is 35.9 Å². The lowest BCUT2D eigenvalue weighted by Gasteiger charge is -2.23. The van der Waals surface area contributed by atoms with Crippen LogP contribution in [0, 0.1) is 0 Å². The molecule has 8 heteroatoms. The number of carbonyl (C=O) groups is 1. The number of nitrogens with one attached hydrogen (secondary N) is 1. The third kappa shape index (κ3) is 5.20. The molecule has 0 radical (unpaired) electrons. The van der Waals surface area contributed by atoms with Gasteiger partial charge in [0.1, 0.15) is 5.82 Å². The monoisotopic (exact) mass is 386 g/mol. The topological polar surface area (TPSA) is 110 Å². The number of ether oxygens (including phenoxy) is 1. The molecule has 1 aromatic carbocycles. The lowest BCUT2D eigenvalue weighted by atomic mass is 10.2. The van der Waals surface area contributed by atoms with Crippen LogP contribution in [0.1, 0.15) is 25.8 Å². The van der Waals surface area contributed by atoms with Gasteiger partial charge in [0, 0.05) is 26.3 Å². The molecule has 0 spiro atoms. The number of aromatic nitrogens is 2. The first-order valence-electron chi connectivity index (χ1n) is 8.97. The van der Waals surface area contributed by atoms with Gasteiger partial charge in [-0.05, 0) is 25.8 Å². The number of nitrogens with two attached hydrogens (primary N) is 1. The number of amides is 1. The quantitative estimate of drug-likeness (QED) is 0.528. The number of rotatable bonds is 8. The van der Waals surface area contributed by atoms with Crippen molar-refractivity contribution in [3.8, 4) is 0 Å². The van der Waals surface area contributed by atoms with E-state index >= 15 is 0 Å². The third-order valence-corrected chi connectivity index (χ3v) is 4.08. The van der Waals surface area contributed by atoms with Gasteiger partial charge in [-0.2, -0.15) is 0 Å². The summed E-state index contributed by atoms with van der Waals surface area (Å²) < 4.78 is 6.30. The summed E-state index contributed by atoms with van der Waals surface area (Å²) in [7, 11) is 1.56. The highest BCUT2D eigenvalue weighted by molar-refractivity contribution is 6.03. The maximum absolute atomic E-state index is 12.7. The Kier molecular flexibility index (Phi) is 7.34. The van der Waals surface area contributed by atoms with Crippen molar-refractivity contribution < 1.29 is 9.53 Å². The minimum absolute atomic E-state index is 0.0332. The molecule has 0 aliphatic heterocycles. The van der Waals surface area contributed by atoms with E-state index in [1.165, 1.54) is 15.5 Å². The van der Waals surface area contributed by atoms with Crippen LogP contribution in [-0.2, 0) is 16.1 Å². The molecule has 0 atom stereocenters. The van der Waals surface area contributed by atoms with Gasteiger partial charge in [0.2, 0.25) is 0 Å². The number of hydrogen-bond acceptors (Lipinski definition) is 5. The van der Waals surface area contributed by atoms with E-state index in [9.17, 15) is 14.4 Å². The van der Waals surface area contributed by atoms with Gasteiger partial charge in [0.05, 0.1) is 6.54 Å². The molecule has 3 N–H and O–H groups in total. The van der Waals surface area contributed by atoms with Crippen molar-refractivity contribution >= 4 is 17.4 Å². The normalized spacial score (nSPS) is 10.5. The fourth-order valence-corrected chi connectivity index (χ4v) is 2.79. The maximum atomic E-state index is 12.7. The molecule has 0 saturated carbocycles. The van der Waals surface area contributed by atoms with E-state index in [4.69, 9.17) is 10.5 Å². The van der Waals surface area contributed by atoms with E-state index in [-0.39, 0.29) is 30.5 Å². The Morgan fingerprint density at radius 2 is 1.93 bits per heavy atom. The molecule has 1 aromatic heterocycles. The number of aromatic amines is 1. The molecule has 1 amide bonds. The molecule has 0 bridgehead atoms. The largest absolute Gasteiger partial charge is 0.385 e. The molecule has 0 aliphatic carbocycles. The van der Waals surface area contributed by atoms with Crippen LogP contribution in [0.3, 0.4) is 0 Å². The van der Waals surface area contributed by atoms with Gasteiger partial charge in [0.15, 0.2) is 5.69 Å². The Morgan fingerprint density at radius 1 is 1.25 bits per heavy atom. The number of H-pyrrole nitrogens is 1. The number of hydrogen-bond donors (Lipinski definition) is 2. The summed E-state index contributed by atoms with van der Waals surface area (Å²) in [6.07, 6.45) is 1.94. The second kappa shape index (κ2) is 9.70. The molecule has 2 rings (SSSR count). The average Bonchev–Trinajstić information content (AvgIpc) is 2.64. The second-order valence-electron chi connectivity index (χ2n) is 6.62. The standard InChI is InChI=1S/C20H26N4O4/c1-14(2)12-16(25)23(10-7-11-28-3)17-18(21)24(20(27)22-19(17)26)13-15-8-5-4-6-9-15/h4-6,8-9,12H,7,10-11,13,21H2,1-3H3,(H,22,26,27). The van der Waals surface area contributed by atoms with Crippen LogP contribution in [0.5, 0.6) is 0 Å². The molecule has 1 heterocycles. The molecule has 0 aliphatic rings. The van der Waals surface area contributed by atoms with Gasteiger partial charge < -0.3 is 15.4 Å². The lowest BCUT2D eigenvalue weighted by Crippen LogP contribution is -2.41. The van der Waals surface area contributed by atoms with Crippen molar-refractivity contribution in [3.63, 3.8) is 0 Å². The van der Waals surface area contributed by atoms with Crippen LogP contribution in [0.25, 0.3) is 0 Å². The summed E-state index contributed by atoms with van der Waals surface area (Å²) >= 11 is 0. The lowest BCUT2D eigenvalue weighted by molar-refractivity contribution is -0.114. The van der Waals surface area contributed by atoms with Gasteiger partial charge in [-0.15, -0.1) is 0 Å². The summed E-state index contributed by atoms with van der Waals surface area (Å²) in [6.45, 7) is 4.40. The predicted molar refractivity (Wildman–Crippen MR) is 110 cm³/mol. The fourth-order valence-electron chi connectivity index (χ4n) is 2.79. The predicted octanol–water partition coefficient (Wildman–Crippen LogP) is 1.50. The van der Waals surface area contributed by atoms with Crippen molar-refractivity contribution in [2.75, 3.05) is 30.9 Å². The number of methoxy groups -OCH3 is 1. The Bertz CT molecular complexity index is 956. The Balaban J connectivity index is 2.54. The number of allylic oxidation sites excluding steroid dienone is 1. The van der Waals surface area contributed by atoms with E-state index < -0.39 is 11.2 Å². The Hall–Kier alpha value is -3.13. The highest BCUT2D eigenvalue weighted by Gasteiger charge is 2.23. The third-order valence-electron chi connectivity index (χ3n) is 4.08. The van der Waals surface area contributed by atoms with Crippen molar-refractivity contribution in [2.45, 2.75) is 26.8 Å². The number of carbonyl (C=O) groups excluding carboxylic acids is 1. The fraction of sp³-hybridized carbons (Fsp3) is 0.350. The zero-order valence-corrected chi connectivity index (χ0v) is 16.4. The zero-order chi connectivity index (χ0) is 20.7. The van der Waals surface area contributed by atoms with Gasteiger partial charge in [-0.25, -0.2) is 4.79 Å². The van der Waals surface area contributed by atoms with E-state index in [1.54, 1.807) is 21.0 Å². The SMILES string of the molecule is COCCCN(C(=O)C=C(C)C)c1c(N)n(Cc2ccccc2)c(=O)[nH]c1=O. The van der Waals surface area contributed by atoms with Crippen molar-refractivity contribution in [2.24, 2.45) is 0 Å². The van der Waals surface area contributed by atoms with Crippen LogP contribution in [-0.4, -0.2) is 35.7 Å². The highest BCUT2D eigenvalue weighted by atomic mass is 16.5. The molecule has 150 valence electrons. The highest BCUT2D eigenvalue weighted by Crippen LogP contribution is 2.19. The Labute approximate surface area is 163 Å². The molecule has 0 saturated heterocycles. The van der Waals surface area contributed by atoms with Gasteiger partial charge in [-0.3, -0.25) is 19.1 Å². The van der Waals surface area contributed by atoms with E-state index in [2.05, 4.69) is 4.98 Å². The number of anilines is 2. The number of nitrogens with zero attached hydrogens (tertiary/aromatic N) is 2. The summed E-state index contributed by atoms with van der Waals surface area (Å²) in [6, 6.07) is 9.25. The minimum atomic E-state index is -0.695. The average molecular weight is 386 g/mol. The number of nitrogen functional groups attached to an aromatic ring is 1. The smallest absolute Gasteiger partial charge is 0.330 e. The first kappa shape index (κ1) is 21.2. The molecule has 0 fully saturated rings. The summed E-state index contributed by atoms with van der Waals surface area (Å²) in [5.74, 6) is -0.427. The van der Waals surface area contributed by atoms with Crippen LogP contribution in [0.4, 0.5) is 11.5 Å². The van der Waals surface area contributed by atoms with Crippen LogP contribution in [0.2, 0.25) is 0 Å². The summed E-state index contributed by atoms with van der Waals surface area (Å²) in [4.78, 5) is 41.2. The van der Waals surface area contributed by atoms with Gasteiger partial charge >= 0.3 is 5.69 Å². The Morgan fingerprint density at radius 3 is 2.54 bits per heavy atom. The van der Waals surface area contributed by atoms with E-state index in [0.717, 1.165) is 11.1 Å². The van der Waals surface area contributed by atoms with Gasteiger partial charge in [0.25, 0.3) is 11.5 Å². The van der Waals surface area contributed by atoms with Crippen molar-refractivity contribution in [3.05, 3.63) is 68.4 Å². The molecule has 0 unspecified atom stereocenters. The second-order valence-corrected chi connectivity index (χ2v) is 6.62. The molecule has 8 nitrogen and oxygen atoms in total. The summed E-state index contributed by atoms with van der Waals surface area (Å²) in [5, 5.41) is 0. The molecule has 2 aromatic rings. The number of benzene rings is 1.